The van der Waals surface area contributed by atoms with Gasteiger partial charge in [-0.1, -0.05) is 20.3 Å². The smallest absolute Gasteiger partial charge is 0.322 e. The van der Waals surface area contributed by atoms with E-state index >= 15 is 0 Å². The Bertz CT molecular complexity index is 539. The fraction of sp³-hybridized carbons (Fsp3) is 0.909. The van der Waals surface area contributed by atoms with Crippen molar-refractivity contribution in [3.8, 4) is 0 Å². The summed E-state index contributed by atoms with van der Waals surface area (Å²) in [6.07, 6.45) is 0.563. The topological polar surface area (TPSA) is 118 Å². The number of carboxylic acids is 1. The zero-order chi connectivity index (χ0) is 15.6. The molecule has 7 nitrogen and oxygen atoms in total. The van der Waals surface area contributed by atoms with Gasteiger partial charge in [-0.2, -0.15) is 0 Å². The Balaban J connectivity index is 2.81. The van der Waals surface area contributed by atoms with E-state index in [9.17, 15) is 21.6 Å². The van der Waals surface area contributed by atoms with Crippen LogP contribution >= 0.6 is 0 Å². The Kier molecular flexibility index (Phi) is 5.56. The van der Waals surface area contributed by atoms with Gasteiger partial charge in [-0.05, 0) is 18.8 Å². The van der Waals surface area contributed by atoms with Crippen molar-refractivity contribution in [2.45, 2.75) is 44.4 Å². The fourth-order valence-electron chi connectivity index (χ4n) is 2.10. The van der Waals surface area contributed by atoms with Gasteiger partial charge in [0.05, 0.1) is 16.8 Å². The minimum atomic E-state index is -3.83. The van der Waals surface area contributed by atoms with E-state index in [1.165, 1.54) is 0 Å². The second kappa shape index (κ2) is 6.40. The van der Waals surface area contributed by atoms with Gasteiger partial charge >= 0.3 is 5.97 Å². The van der Waals surface area contributed by atoms with Gasteiger partial charge in [-0.3, -0.25) is 4.79 Å². The van der Waals surface area contributed by atoms with Crippen LogP contribution in [-0.2, 0) is 24.7 Å². The predicted molar refractivity (Wildman–Crippen MR) is 74.6 cm³/mol. The van der Waals surface area contributed by atoms with Gasteiger partial charge in [-0.25, -0.2) is 21.6 Å². The lowest BCUT2D eigenvalue weighted by Gasteiger charge is -2.26. The van der Waals surface area contributed by atoms with Gasteiger partial charge < -0.3 is 5.11 Å². The lowest BCUT2D eigenvalue weighted by atomic mass is 10.0. The molecule has 1 saturated heterocycles. The van der Waals surface area contributed by atoms with E-state index in [-0.39, 0.29) is 30.3 Å². The van der Waals surface area contributed by atoms with Crippen molar-refractivity contribution in [3.63, 3.8) is 0 Å². The highest BCUT2D eigenvalue weighted by molar-refractivity contribution is 7.92. The van der Waals surface area contributed by atoms with E-state index in [0.29, 0.717) is 6.42 Å². The van der Waals surface area contributed by atoms with E-state index in [4.69, 9.17) is 5.11 Å². The monoisotopic (exact) mass is 327 g/mol. The standard InChI is InChI=1S/C11H21NO6S2/c1-3-8(2)10(11(13)14)12-20(17,18)9-4-6-19(15,16)7-5-9/h8-10,12H,3-7H2,1-2H3,(H,13,14)/t8-,10-/m0/s1. The van der Waals surface area contributed by atoms with E-state index in [1.807, 2.05) is 0 Å². The largest absolute Gasteiger partial charge is 0.480 e. The van der Waals surface area contributed by atoms with Crippen molar-refractivity contribution in [2.24, 2.45) is 5.92 Å². The van der Waals surface area contributed by atoms with Crippen molar-refractivity contribution < 1.29 is 26.7 Å². The molecule has 118 valence electrons. The molecule has 0 aliphatic carbocycles. The quantitative estimate of drug-likeness (QED) is 0.708. The zero-order valence-electron chi connectivity index (χ0n) is 11.6. The van der Waals surface area contributed by atoms with Gasteiger partial charge in [0, 0.05) is 0 Å². The number of sulfonamides is 1. The molecule has 0 unspecified atom stereocenters. The van der Waals surface area contributed by atoms with Crippen LogP contribution in [0.25, 0.3) is 0 Å². The molecule has 0 saturated carbocycles. The number of rotatable bonds is 6. The number of hydrogen-bond donors (Lipinski definition) is 2. The predicted octanol–water partition coefficient (Wildman–Crippen LogP) is -0.0177. The molecule has 0 aromatic carbocycles. The molecule has 0 radical (unpaired) electrons. The maximum Gasteiger partial charge on any atom is 0.322 e. The summed E-state index contributed by atoms with van der Waals surface area (Å²) in [6.45, 7) is 3.44. The minimum Gasteiger partial charge on any atom is -0.480 e. The zero-order valence-corrected chi connectivity index (χ0v) is 13.2. The molecule has 0 bridgehead atoms. The van der Waals surface area contributed by atoms with E-state index in [1.54, 1.807) is 13.8 Å². The summed E-state index contributed by atoms with van der Waals surface area (Å²) in [5.41, 5.74) is 0. The van der Waals surface area contributed by atoms with E-state index in [2.05, 4.69) is 4.72 Å². The summed E-state index contributed by atoms with van der Waals surface area (Å²) in [4.78, 5) is 11.1. The second-order valence-corrected chi connectivity index (χ2v) is 9.51. The van der Waals surface area contributed by atoms with E-state index in [0.717, 1.165) is 0 Å². The highest BCUT2D eigenvalue weighted by Gasteiger charge is 2.36. The third-order valence-corrected chi connectivity index (χ3v) is 7.36. The number of carbonyl (C=O) groups is 1. The molecule has 2 atom stereocenters. The SMILES string of the molecule is CC[C@H](C)[C@H](NS(=O)(=O)C1CCS(=O)(=O)CC1)C(=O)O. The molecule has 2 N–H and O–H groups in total. The van der Waals surface area contributed by atoms with Crippen LogP contribution in [0.4, 0.5) is 0 Å². The molecular weight excluding hydrogens is 306 g/mol. The van der Waals surface area contributed by atoms with Crippen molar-refractivity contribution >= 4 is 25.8 Å². The molecule has 1 aliphatic rings. The molecular formula is C11H21NO6S2. The van der Waals surface area contributed by atoms with Crippen LogP contribution in [0.5, 0.6) is 0 Å². The fourth-order valence-corrected chi connectivity index (χ4v) is 5.62. The van der Waals surface area contributed by atoms with Crippen molar-refractivity contribution in [3.05, 3.63) is 0 Å². The first-order chi connectivity index (χ1) is 9.09. The summed E-state index contributed by atoms with van der Waals surface area (Å²) in [5.74, 6) is -1.89. The number of sulfone groups is 1. The first-order valence-corrected chi connectivity index (χ1v) is 9.90. The molecule has 0 spiro atoms. The van der Waals surface area contributed by atoms with Crippen LogP contribution in [0.15, 0.2) is 0 Å². The summed E-state index contributed by atoms with van der Waals surface area (Å²) in [6, 6.07) is -1.18. The molecule has 9 heteroatoms. The Morgan fingerprint density at radius 3 is 2.25 bits per heavy atom. The highest BCUT2D eigenvalue weighted by Crippen LogP contribution is 2.20. The van der Waals surface area contributed by atoms with Crippen molar-refractivity contribution in [2.75, 3.05) is 11.5 Å². The van der Waals surface area contributed by atoms with Crippen molar-refractivity contribution in [1.82, 2.24) is 4.72 Å². The van der Waals surface area contributed by atoms with Crippen molar-refractivity contribution in [1.29, 1.82) is 0 Å². The normalized spacial score (nSPS) is 23.1. The van der Waals surface area contributed by atoms with Crippen LogP contribution in [0.2, 0.25) is 0 Å². The van der Waals surface area contributed by atoms with Gasteiger partial charge in [0.15, 0.2) is 0 Å². The number of hydrogen-bond acceptors (Lipinski definition) is 5. The lowest BCUT2D eigenvalue weighted by Crippen LogP contribution is -2.49. The van der Waals surface area contributed by atoms with Gasteiger partial charge in [-0.15, -0.1) is 0 Å². The van der Waals surface area contributed by atoms with Gasteiger partial charge in [0.1, 0.15) is 15.9 Å². The van der Waals surface area contributed by atoms with Gasteiger partial charge in [0.2, 0.25) is 10.0 Å². The number of aliphatic carboxylic acids is 1. The molecule has 0 aromatic rings. The summed E-state index contributed by atoms with van der Waals surface area (Å²) in [5, 5.41) is 8.26. The van der Waals surface area contributed by atoms with Crippen LogP contribution in [0.1, 0.15) is 33.1 Å². The van der Waals surface area contributed by atoms with Crippen LogP contribution in [0.3, 0.4) is 0 Å². The average Bonchev–Trinajstić information content (AvgIpc) is 2.34. The number of nitrogens with one attached hydrogen (secondary N) is 1. The molecule has 1 fully saturated rings. The minimum absolute atomic E-state index is 0.0184. The first-order valence-electron chi connectivity index (χ1n) is 6.53. The van der Waals surface area contributed by atoms with Gasteiger partial charge in [0.25, 0.3) is 0 Å². The Labute approximate surface area is 119 Å². The van der Waals surface area contributed by atoms with Crippen LogP contribution < -0.4 is 4.72 Å². The maximum absolute atomic E-state index is 12.2. The first kappa shape index (κ1) is 17.4. The summed E-state index contributed by atoms with van der Waals surface area (Å²) < 4.78 is 49.1. The van der Waals surface area contributed by atoms with Crippen LogP contribution in [-0.4, -0.2) is 50.7 Å². The molecule has 1 rings (SSSR count). The third kappa shape index (κ3) is 4.42. The maximum atomic E-state index is 12.2. The average molecular weight is 327 g/mol. The number of carboxylic acid groups (broad SMARTS) is 1. The van der Waals surface area contributed by atoms with E-state index < -0.39 is 37.1 Å². The highest BCUT2D eigenvalue weighted by atomic mass is 32.2. The summed E-state index contributed by atoms with van der Waals surface area (Å²) >= 11 is 0. The molecule has 1 aliphatic heterocycles. The van der Waals surface area contributed by atoms with Crippen LogP contribution in [0, 0.1) is 5.92 Å². The Morgan fingerprint density at radius 1 is 1.35 bits per heavy atom. The second-order valence-electron chi connectivity index (χ2n) is 5.22. The molecule has 0 aromatic heterocycles. The molecule has 0 amide bonds. The Hall–Kier alpha value is -0.670. The molecule has 20 heavy (non-hydrogen) atoms. The third-order valence-electron chi connectivity index (χ3n) is 3.71. The lowest BCUT2D eigenvalue weighted by molar-refractivity contribution is -0.140. The summed E-state index contributed by atoms with van der Waals surface area (Å²) in [7, 11) is -6.98. The molecule has 1 heterocycles. The Morgan fingerprint density at radius 2 is 1.85 bits per heavy atom.